The van der Waals surface area contributed by atoms with Crippen molar-refractivity contribution in [2.24, 2.45) is 0 Å². The topological polar surface area (TPSA) is 26.3 Å². The van der Waals surface area contributed by atoms with Crippen molar-refractivity contribution in [1.29, 1.82) is 0 Å². The van der Waals surface area contributed by atoms with E-state index < -0.39 is 0 Å². The molecular weight excluding hydrogens is 212 g/mol. The molecule has 0 heterocycles. The Morgan fingerprint density at radius 1 is 1.47 bits per heavy atom. The molecule has 0 aliphatic rings. The van der Waals surface area contributed by atoms with Crippen LogP contribution in [0.2, 0.25) is 5.02 Å². The molecule has 1 aromatic carbocycles. The van der Waals surface area contributed by atoms with Crippen molar-refractivity contribution in [3.05, 3.63) is 28.3 Å². The van der Waals surface area contributed by atoms with E-state index in [1.807, 2.05) is 19.1 Å². The summed E-state index contributed by atoms with van der Waals surface area (Å²) in [7, 11) is 1.61. The molecule has 0 aliphatic heterocycles. The van der Waals surface area contributed by atoms with Gasteiger partial charge in [-0.05, 0) is 31.0 Å². The summed E-state index contributed by atoms with van der Waals surface area (Å²) < 4.78 is 5.24. The van der Waals surface area contributed by atoms with Crippen molar-refractivity contribution < 1.29 is 9.53 Å². The van der Waals surface area contributed by atoms with E-state index in [0.29, 0.717) is 11.4 Å². The van der Waals surface area contributed by atoms with Gasteiger partial charge >= 0.3 is 0 Å². The van der Waals surface area contributed by atoms with E-state index in [-0.39, 0.29) is 5.78 Å². The molecule has 1 rings (SSSR count). The summed E-state index contributed by atoms with van der Waals surface area (Å²) in [6, 6.07) is 3.72. The summed E-state index contributed by atoms with van der Waals surface area (Å²) >= 11 is 6.11. The zero-order chi connectivity index (χ0) is 11.4. The molecular formula is C12H15ClO2. The van der Waals surface area contributed by atoms with Gasteiger partial charge in [-0.1, -0.05) is 18.5 Å². The van der Waals surface area contributed by atoms with Gasteiger partial charge in [0.05, 0.1) is 7.11 Å². The molecule has 0 N–H and O–H groups in total. The Morgan fingerprint density at radius 3 is 2.60 bits per heavy atom. The van der Waals surface area contributed by atoms with E-state index in [9.17, 15) is 4.79 Å². The second kappa shape index (κ2) is 5.17. The summed E-state index contributed by atoms with van der Waals surface area (Å²) in [5, 5.41) is 0.674. The molecule has 0 spiro atoms. The Morgan fingerprint density at radius 2 is 2.13 bits per heavy atom. The minimum atomic E-state index is 0.123. The van der Waals surface area contributed by atoms with Crippen LogP contribution in [0, 0.1) is 0 Å². The molecule has 3 heteroatoms. The summed E-state index contributed by atoms with van der Waals surface area (Å²) in [5.41, 5.74) is 1.90. The maximum absolute atomic E-state index is 11.0. The molecule has 0 fully saturated rings. The quantitative estimate of drug-likeness (QED) is 0.789. The third-order valence-corrected chi connectivity index (χ3v) is 2.58. The monoisotopic (exact) mass is 226 g/mol. The fourth-order valence-corrected chi connectivity index (χ4v) is 1.95. The molecule has 0 saturated heterocycles. The van der Waals surface area contributed by atoms with Gasteiger partial charge in [-0.25, -0.2) is 0 Å². The zero-order valence-corrected chi connectivity index (χ0v) is 10.0. The van der Waals surface area contributed by atoms with Crippen LogP contribution in [0.3, 0.4) is 0 Å². The fourth-order valence-electron chi connectivity index (χ4n) is 1.58. The summed E-state index contributed by atoms with van der Waals surface area (Å²) in [6.45, 7) is 3.59. The van der Waals surface area contributed by atoms with E-state index in [2.05, 4.69) is 0 Å². The minimum absolute atomic E-state index is 0.123. The van der Waals surface area contributed by atoms with Gasteiger partial charge in [0.25, 0.3) is 0 Å². The van der Waals surface area contributed by atoms with Gasteiger partial charge in [0, 0.05) is 17.0 Å². The van der Waals surface area contributed by atoms with Crippen LogP contribution in [-0.2, 0) is 17.6 Å². The standard InChI is InChI=1S/C12H15ClO2/c1-4-10-11(13)6-9(5-8(2)14)7-12(10)15-3/h6-7H,4-5H2,1-3H3. The van der Waals surface area contributed by atoms with Crippen molar-refractivity contribution in [3.63, 3.8) is 0 Å². The first-order valence-corrected chi connectivity index (χ1v) is 5.31. The summed E-state index contributed by atoms with van der Waals surface area (Å²) in [4.78, 5) is 11.0. The van der Waals surface area contributed by atoms with Crippen molar-refractivity contribution >= 4 is 17.4 Å². The Balaban J connectivity index is 3.13. The third kappa shape index (κ3) is 2.96. The second-order valence-electron chi connectivity index (χ2n) is 3.49. The SMILES string of the molecule is CCc1c(Cl)cc(CC(C)=O)cc1OC. The van der Waals surface area contributed by atoms with E-state index in [4.69, 9.17) is 16.3 Å². The van der Waals surface area contributed by atoms with Crippen LogP contribution in [0.15, 0.2) is 12.1 Å². The van der Waals surface area contributed by atoms with Crippen LogP contribution < -0.4 is 4.74 Å². The van der Waals surface area contributed by atoms with E-state index in [0.717, 1.165) is 23.3 Å². The third-order valence-electron chi connectivity index (χ3n) is 2.24. The molecule has 0 amide bonds. The number of carbonyl (C=O) groups is 1. The molecule has 82 valence electrons. The largest absolute Gasteiger partial charge is 0.496 e. The average molecular weight is 227 g/mol. The van der Waals surface area contributed by atoms with Gasteiger partial charge < -0.3 is 4.74 Å². The molecule has 0 aromatic heterocycles. The van der Waals surface area contributed by atoms with Crippen LogP contribution in [0.4, 0.5) is 0 Å². The van der Waals surface area contributed by atoms with Crippen LogP contribution in [-0.4, -0.2) is 12.9 Å². The molecule has 0 unspecified atom stereocenters. The van der Waals surface area contributed by atoms with Gasteiger partial charge in [-0.15, -0.1) is 0 Å². The lowest BCUT2D eigenvalue weighted by Crippen LogP contribution is -1.99. The Kier molecular flexibility index (Phi) is 4.15. The summed E-state index contributed by atoms with van der Waals surface area (Å²) in [5.74, 6) is 0.888. The Hall–Kier alpha value is -1.02. The Bertz CT molecular complexity index is 372. The summed E-state index contributed by atoms with van der Waals surface area (Å²) in [6.07, 6.45) is 1.22. The van der Waals surface area contributed by atoms with Gasteiger partial charge in [0.2, 0.25) is 0 Å². The number of methoxy groups -OCH3 is 1. The number of ether oxygens (including phenoxy) is 1. The van der Waals surface area contributed by atoms with Gasteiger partial charge in [-0.2, -0.15) is 0 Å². The lowest BCUT2D eigenvalue weighted by Gasteiger charge is -2.10. The molecule has 1 aromatic rings. The molecule has 0 atom stereocenters. The minimum Gasteiger partial charge on any atom is -0.496 e. The lowest BCUT2D eigenvalue weighted by atomic mass is 10.0. The number of hydrogen-bond donors (Lipinski definition) is 0. The number of carbonyl (C=O) groups excluding carboxylic acids is 1. The predicted molar refractivity (Wildman–Crippen MR) is 61.8 cm³/mol. The van der Waals surface area contributed by atoms with Crippen LogP contribution in [0.25, 0.3) is 0 Å². The van der Waals surface area contributed by atoms with Crippen molar-refractivity contribution in [2.45, 2.75) is 26.7 Å². The van der Waals surface area contributed by atoms with Crippen LogP contribution >= 0.6 is 11.6 Å². The first-order valence-electron chi connectivity index (χ1n) is 4.93. The molecule has 0 saturated carbocycles. The molecule has 15 heavy (non-hydrogen) atoms. The number of rotatable bonds is 4. The second-order valence-corrected chi connectivity index (χ2v) is 3.90. The highest BCUT2D eigenvalue weighted by molar-refractivity contribution is 6.31. The van der Waals surface area contributed by atoms with Crippen molar-refractivity contribution in [1.82, 2.24) is 0 Å². The fraction of sp³-hybridized carbons (Fsp3) is 0.417. The van der Waals surface area contributed by atoms with E-state index >= 15 is 0 Å². The number of halogens is 1. The first kappa shape index (κ1) is 12.1. The normalized spacial score (nSPS) is 10.1. The van der Waals surface area contributed by atoms with Crippen LogP contribution in [0.5, 0.6) is 5.75 Å². The van der Waals surface area contributed by atoms with E-state index in [1.165, 1.54) is 0 Å². The van der Waals surface area contributed by atoms with Gasteiger partial charge in [0.15, 0.2) is 0 Å². The van der Waals surface area contributed by atoms with Crippen molar-refractivity contribution in [3.8, 4) is 5.75 Å². The number of hydrogen-bond acceptors (Lipinski definition) is 2. The number of ketones is 1. The molecule has 0 aliphatic carbocycles. The molecule has 0 radical (unpaired) electrons. The number of benzene rings is 1. The van der Waals surface area contributed by atoms with Crippen LogP contribution in [0.1, 0.15) is 25.0 Å². The maximum Gasteiger partial charge on any atom is 0.134 e. The molecule has 0 bridgehead atoms. The average Bonchev–Trinajstić information content (AvgIpc) is 2.15. The highest BCUT2D eigenvalue weighted by Gasteiger charge is 2.09. The molecule has 2 nitrogen and oxygen atoms in total. The zero-order valence-electron chi connectivity index (χ0n) is 9.26. The Labute approximate surface area is 95.2 Å². The predicted octanol–water partition coefficient (Wildman–Crippen LogP) is 3.04. The highest BCUT2D eigenvalue weighted by atomic mass is 35.5. The van der Waals surface area contributed by atoms with Gasteiger partial charge in [-0.3, -0.25) is 4.79 Å². The number of Topliss-reactive ketones (excluding diaryl/α,β-unsaturated/α-hetero) is 1. The highest BCUT2D eigenvalue weighted by Crippen LogP contribution is 2.29. The smallest absolute Gasteiger partial charge is 0.134 e. The first-order chi connectivity index (χ1) is 7.08. The maximum atomic E-state index is 11.0. The van der Waals surface area contributed by atoms with E-state index in [1.54, 1.807) is 14.0 Å². The lowest BCUT2D eigenvalue weighted by molar-refractivity contribution is -0.116. The van der Waals surface area contributed by atoms with Gasteiger partial charge in [0.1, 0.15) is 11.5 Å². The van der Waals surface area contributed by atoms with Crippen molar-refractivity contribution in [2.75, 3.05) is 7.11 Å².